The van der Waals surface area contributed by atoms with E-state index in [1.165, 1.54) is 0 Å². The molecule has 2 aromatic carbocycles. The van der Waals surface area contributed by atoms with E-state index in [1.807, 2.05) is 61.2 Å². The second-order valence-corrected chi connectivity index (χ2v) is 7.52. The predicted octanol–water partition coefficient (Wildman–Crippen LogP) is 4.62. The predicted molar refractivity (Wildman–Crippen MR) is 105 cm³/mol. The van der Waals surface area contributed by atoms with Gasteiger partial charge in [0.2, 0.25) is 0 Å². The average molecular weight is 370 g/mol. The van der Waals surface area contributed by atoms with Crippen molar-refractivity contribution in [3.63, 3.8) is 0 Å². The maximum absolute atomic E-state index is 12.7. The molecule has 0 N–H and O–H groups in total. The number of rotatable bonds is 4. The molecule has 0 unspecified atom stereocenters. The molecular weight excluding hydrogens is 346 g/mol. The Morgan fingerprint density at radius 3 is 2.38 bits per heavy atom. The fourth-order valence-corrected chi connectivity index (χ4v) is 3.68. The summed E-state index contributed by atoms with van der Waals surface area (Å²) in [4.78, 5) is 27.2. The van der Waals surface area contributed by atoms with Crippen LogP contribution in [0.1, 0.15) is 39.9 Å². The Bertz CT molecular complexity index is 823. The number of nitrogens with zero attached hydrogens (tertiary/aromatic N) is 1. The molecule has 1 amide bonds. The summed E-state index contributed by atoms with van der Waals surface area (Å²) in [6.07, 6.45) is 1.88. The molecule has 2 aromatic rings. The van der Waals surface area contributed by atoms with Crippen LogP contribution in [-0.2, 0) is 11.2 Å². The quantitative estimate of drug-likeness (QED) is 0.788. The van der Waals surface area contributed by atoms with E-state index in [9.17, 15) is 9.59 Å². The van der Waals surface area contributed by atoms with E-state index in [2.05, 4.69) is 0 Å². The minimum absolute atomic E-state index is 0.0241. The number of hydrogen-bond acceptors (Lipinski definition) is 2. The SMILES string of the molecule is Cc1ccc(CC(=O)C2CCN(C(=O)c3ccccc3C)CC2)cc1Cl. The second-order valence-electron chi connectivity index (χ2n) is 7.11. The number of ketones is 1. The molecule has 3 nitrogen and oxygen atoms in total. The van der Waals surface area contributed by atoms with Gasteiger partial charge in [-0.25, -0.2) is 0 Å². The van der Waals surface area contributed by atoms with Crippen LogP contribution in [0.4, 0.5) is 0 Å². The summed E-state index contributed by atoms with van der Waals surface area (Å²) >= 11 is 6.15. The van der Waals surface area contributed by atoms with Gasteiger partial charge in [-0.1, -0.05) is 41.9 Å². The van der Waals surface area contributed by atoms with Gasteiger partial charge in [0.15, 0.2) is 0 Å². The number of carbonyl (C=O) groups excluding carboxylic acids is 2. The number of benzene rings is 2. The fourth-order valence-electron chi connectivity index (χ4n) is 3.48. The van der Waals surface area contributed by atoms with Crippen LogP contribution in [0.2, 0.25) is 5.02 Å². The van der Waals surface area contributed by atoms with Crippen molar-refractivity contribution < 1.29 is 9.59 Å². The molecule has 0 saturated carbocycles. The van der Waals surface area contributed by atoms with Crippen molar-refractivity contribution >= 4 is 23.3 Å². The van der Waals surface area contributed by atoms with Crippen molar-refractivity contribution in [2.24, 2.45) is 5.92 Å². The summed E-state index contributed by atoms with van der Waals surface area (Å²) in [7, 11) is 0. The van der Waals surface area contributed by atoms with Crippen molar-refractivity contribution in [1.29, 1.82) is 0 Å². The van der Waals surface area contributed by atoms with E-state index < -0.39 is 0 Å². The van der Waals surface area contributed by atoms with E-state index in [-0.39, 0.29) is 17.6 Å². The van der Waals surface area contributed by atoms with Crippen molar-refractivity contribution in [2.45, 2.75) is 33.1 Å². The highest BCUT2D eigenvalue weighted by Crippen LogP contribution is 2.23. The lowest BCUT2D eigenvalue weighted by Crippen LogP contribution is -2.40. The molecule has 0 atom stereocenters. The Kier molecular flexibility index (Phi) is 5.77. The van der Waals surface area contributed by atoms with Gasteiger partial charge in [0.1, 0.15) is 5.78 Å². The van der Waals surface area contributed by atoms with Crippen LogP contribution < -0.4 is 0 Å². The third-order valence-corrected chi connectivity index (χ3v) is 5.63. The Morgan fingerprint density at radius 1 is 1.04 bits per heavy atom. The summed E-state index contributed by atoms with van der Waals surface area (Å²) in [5.41, 5.74) is 3.73. The normalized spacial score (nSPS) is 15.1. The van der Waals surface area contributed by atoms with Crippen molar-refractivity contribution in [3.8, 4) is 0 Å². The number of Topliss-reactive ketones (excluding diaryl/α,β-unsaturated/α-hetero) is 1. The molecule has 0 spiro atoms. The van der Waals surface area contributed by atoms with E-state index in [0.717, 1.165) is 35.1 Å². The van der Waals surface area contributed by atoms with Gasteiger partial charge in [-0.15, -0.1) is 0 Å². The van der Waals surface area contributed by atoms with Crippen LogP contribution in [0.15, 0.2) is 42.5 Å². The highest BCUT2D eigenvalue weighted by Gasteiger charge is 2.28. The highest BCUT2D eigenvalue weighted by atomic mass is 35.5. The lowest BCUT2D eigenvalue weighted by atomic mass is 9.89. The molecule has 0 aliphatic carbocycles. The average Bonchev–Trinajstić information content (AvgIpc) is 2.65. The van der Waals surface area contributed by atoms with Gasteiger partial charge in [0, 0.05) is 36.0 Å². The Hall–Kier alpha value is -2.13. The smallest absolute Gasteiger partial charge is 0.254 e. The largest absolute Gasteiger partial charge is 0.339 e. The van der Waals surface area contributed by atoms with Crippen molar-refractivity contribution in [2.75, 3.05) is 13.1 Å². The molecule has 3 rings (SSSR count). The minimum Gasteiger partial charge on any atom is -0.339 e. The lowest BCUT2D eigenvalue weighted by molar-refractivity contribution is -0.123. The zero-order valence-corrected chi connectivity index (χ0v) is 16.1. The first kappa shape index (κ1) is 18.7. The van der Waals surface area contributed by atoms with Crippen molar-refractivity contribution in [1.82, 2.24) is 4.90 Å². The zero-order valence-electron chi connectivity index (χ0n) is 15.3. The first-order valence-corrected chi connectivity index (χ1v) is 9.46. The first-order valence-electron chi connectivity index (χ1n) is 9.08. The summed E-state index contributed by atoms with van der Waals surface area (Å²) in [6, 6.07) is 13.5. The number of aryl methyl sites for hydroxylation is 2. The molecular formula is C22H24ClNO2. The Labute approximate surface area is 160 Å². The van der Waals surface area contributed by atoms with Gasteiger partial charge in [0.05, 0.1) is 0 Å². The van der Waals surface area contributed by atoms with Gasteiger partial charge in [-0.05, 0) is 55.5 Å². The molecule has 1 heterocycles. The van der Waals surface area contributed by atoms with Crippen LogP contribution in [0.25, 0.3) is 0 Å². The topological polar surface area (TPSA) is 37.4 Å². The zero-order chi connectivity index (χ0) is 18.7. The molecule has 1 aliphatic rings. The molecule has 1 saturated heterocycles. The third kappa shape index (κ3) is 4.16. The van der Waals surface area contributed by atoms with E-state index in [0.29, 0.717) is 24.5 Å². The number of amides is 1. The number of hydrogen-bond donors (Lipinski definition) is 0. The maximum Gasteiger partial charge on any atom is 0.254 e. The van der Waals surface area contributed by atoms with E-state index in [4.69, 9.17) is 11.6 Å². The van der Waals surface area contributed by atoms with Gasteiger partial charge < -0.3 is 4.90 Å². The van der Waals surface area contributed by atoms with Crippen LogP contribution in [0.5, 0.6) is 0 Å². The summed E-state index contributed by atoms with van der Waals surface area (Å²) in [5.74, 6) is 0.336. The maximum atomic E-state index is 12.7. The van der Waals surface area contributed by atoms with Gasteiger partial charge in [-0.3, -0.25) is 9.59 Å². The summed E-state index contributed by atoms with van der Waals surface area (Å²) < 4.78 is 0. The van der Waals surface area contributed by atoms with E-state index >= 15 is 0 Å². The lowest BCUT2D eigenvalue weighted by Gasteiger charge is -2.31. The monoisotopic (exact) mass is 369 g/mol. The van der Waals surface area contributed by atoms with Crippen LogP contribution in [-0.4, -0.2) is 29.7 Å². The Morgan fingerprint density at radius 2 is 1.73 bits per heavy atom. The van der Waals surface area contributed by atoms with Crippen LogP contribution in [0, 0.1) is 19.8 Å². The van der Waals surface area contributed by atoms with Crippen molar-refractivity contribution in [3.05, 3.63) is 69.7 Å². The van der Waals surface area contributed by atoms with Crippen LogP contribution >= 0.6 is 11.6 Å². The van der Waals surface area contributed by atoms with Gasteiger partial charge >= 0.3 is 0 Å². The number of likely N-dealkylation sites (tertiary alicyclic amines) is 1. The summed E-state index contributed by atoms with van der Waals surface area (Å²) in [5, 5.41) is 0.703. The van der Waals surface area contributed by atoms with Crippen LogP contribution in [0.3, 0.4) is 0 Å². The Balaban J connectivity index is 1.57. The second kappa shape index (κ2) is 8.05. The van der Waals surface area contributed by atoms with E-state index in [1.54, 1.807) is 0 Å². The summed E-state index contributed by atoms with van der Waals surface area (Å²) in [6.45, 7) is 5.18. The molecule has 0 bridgehead atoms. The molecule has 1 aliphatic heterocycles. The standard InChI is InChI=1S/C22H24ClNO2/c1-15-5-3-4-6-19(15)22(26)24-11-9-18(10-12-24)21(25)14-17-8-7-16(2)20(23)13-17/h3-8,13,18H,9-12,14H2,1-2H3. The fraction of sp³-hybridized carbons (Fsp3) is 0.364. The number of carbonyl (C=O) groups is 2. The minimum atomic E-state index is 0.0241. The molecule has 1 fully saturated rings. The molecule has 0 aromatic heterocycles. The molecule has 4 heteroatoms. The highest BCUT2D eigenvalue weighted by molar-refractivity contribution is 6.31. The number of halogens is 1. The van der Waals surface area contributed by atoms with Gasteiger partial charge in [0.25, 0.3) is 5.91 Å². The van der Waals surface area contributed by atoms with Gasteiger partial charge in [-0.2, -0.15) is 0 Å². The molecule has 26 heavy (non-hydrogen) atoms. The first-order chi connectivity index (χ1) is 12.5. The molecule has 136 valence electrons. The number of piperidine rings is 1. The molecule has 0 radical (unpaired) electrons. The third-order valence-electron chi connectivity index (χ3n) is 5.23.